The minimum absolute atomic E-state index is 0.864. The van der Waals surface area contributed by atoms with Gasteiger partial charge in [-0.25, -0.2) is 0 Å². The van der Waals surface area contributed by atoms with Crippen LogP contribution in [0, 0.1) is 0 Å². The highest BCUT2D eigenvalue weighted by molar-refractivity contribution is 9.10. The lowest BCUT2D eigenvalue weighted by atomic mass is 10.0. The molecular formula is C16H16BrN3. The molecule has 4 heteroatoms. The van der Waals surface area contributed by atoms with Crippen molar-refractivity contribution < 1.29 is 0 Å². The van der Waals surface area contributed by atoms with E-state index in [2.05, 4.69) is 50.2 Å². The minimum Gasteiger partial charge on any atom is -0.374 e. The minimum atomic E-state index is 0.864. The van der Waals surface area contributed by atoms with Gasteiger partial charge in [0.15, 0.2) is 0 Å². The van der Waals surface area contributed by atoms with Gasteiger partial charge in [0.05, 0.1) is 11.4 Å². The van der Waals surface area contributed by atoms with Crippen LogP contribution in [-0.2, 0) is 6.42 Å². The van der Waals surface area contributed by atoms with Crippen LogP contribution in [0.2, 0.25) is 0 Å². The summed E-state index contributed by atoms with van der Waals surface area (Å²) >= 11 is 3.41. The maximum absolute atomic E-state index is 4.33. The van der Waals surface area contributed by atoms with Crippen LogP contribution < -0.4 is 4.90 Å². The Balaban J connectivity index is 1.83. The second-order valence-electron chi connectivity index (χ2n) is 5.01. The van der Waals surface area contributed by atoms with Crippen LogP contribution in [0.15, 0.2) is 57.2 Å². The van der Waals surface area contributed by atoms with Gasteiger partial charge >= 0.3 is 0 Å². The second-order valence-corrected chi connectivity index (χ2v) is 5.93. The Morgan fingerprint density at radius 2 is 1.70 bits per heavy atom. The van der Waals surface area contributed by atoms with Crippen molar-refractivity contribution in [3.63, 3.8) is 0 Å². The molecule has 0 saturated carbocycles. The number of anilines is 1. The average Bonchev–Trinajstić information content (AvgIpc) is 2.47. The van der Waals surface area contributed by atoms with Crippen molar-refractivity contribution >= 4 is 33.0 Å². The molecule has 1 aliphatic rings. The molecule has 0 radical (unpaired) electrons. The van der Waals surface area contributed by atoms with Gasteiger partial charge in [0.2, 0.25) is 0 Å². The van der Waals surface area contributed by atoms with Crippen molar-refractivity contribution in [3.8, 4) is 0 Å². The molecule has 0 fully saturated rings. The van der Waals surface area contributed by atoms with Crippen LogP contribution in [0.5, 0.6) is 0 Å². The van der Waals surface area contributed by atoms with Crippen molar-refractivity contribution in [1.29, 1.82) is 0 Å². The molecule has 2 aromatic carbocycles. The number of nitrogens with zero attached hydrogens (tertiary/aromatic N) is 3. The van der Waals surface area contributed by atoms with Crippen molar-refractivity contribution in [2.45, 2.75) is 12.8 Å². The summed E-state index contributed by atoms with van der Waals surface area (Å²) in [5.74, 6) is 0. The Bertz CT molecular complexity index is 635. The van der Waals surface area contributed by atoms with Gasteiger partial charge < -0.3 is 4.90 Å². The summed E-state index contributed by atoms with van der Waals surface area (Å²) in [7, 11) is 2.14. The van der Waals surface area contributed by atoms with E-state index in [1.807, 2.05) is 30.3 Å². The zero-order chi connectivity index (χ0) is 13.9. The van der Waals surface area contributed by atoms with Gasteiger partial charge in [0.1, 0.15) is 0 Å². The molecule has 0 atom stereocenters. The highest BCUT2D eigenvalue weighted by Gasteiger charge is 2.13. The Morgan fingerprint density at radius 3 is 2.50 bits per heavy atom. The van der Waals surface area contributed by atoms with Gasteiger partial charge in [-0.3, -0.25) is 0 Å². The first-order valence-corrected chi connectivity index (χ1v) is 7.53. The summed E-state index contributed by atoms with van der Waals surface area (Å²) in [5, 5.41) is 8.61. The van der Waals surface area contributed by atoms with Crippen LogP contribution >= 0.6 is 15.9 Å². The lowest BCUT2D eigenvalue weighted by Gasteiger charge is -2.27. The van der Waals surface area contributed by atoms with Crippen molar-refractivity contribution in [2.75, 3.05) is 18.5 Å². The SMILES string of the molecule is CN1CCCc2cc(/N=N/c3ccc(Br)cc3)ccc21. The van der Waals surface area contributed by atoms with E-state index in [4.69, 9.17) is 0 Å². The second kappa shape index (κ2) is 5.75. The van der Waals surface area contributed by atoms with E-state index in [1.54, 1.807) is 0 Å². The van der Waals surface area contributed by atoms with Gasteiger partial charge in [-0.2, -0.15) is 10.2 Å². The highest BCUT2D eigenvalue weighted by atomic mass is 79.9. The van der Waals surface area contributed by atoms with Crippen LogP contribution in [0.25, 0.3) is 0 Å². The van der Waals surface area contributed by atoms with Crippen molar-refractivity contribution in [3.05, 3.63) is 52.5 Å². The maximum atomic E-state index is 4.33. The molecule has 0 aromatic heterocycles. The fourth-order valence-electron chi connectivity index (χ4n) is 2.46. The number of fused-ring (bicyclic) bond motifs is 1. The third kappa shape index (κ3) is 2.90. The Labute approximate surface area is 127 Å². The van der Waals surface area contributed by atoms with Gasteiger partial charge in [-0.15, -0.1) is 0 Å². The van der Waals surface area contributed by atoms with E-state index >= 15 is 0 Å². The molecule has 3 rings (SSSR count). The summed E-state index contributed by atoms with van der Waals surface area (Å²) < 4.78 is 1.05. The molecule has 2 aromatic rings. The smallest absolute Gasteiger partial charge is 0.0861 e. The number of aryl methyl sites for hydroxylation is 1. The number of hydrogen-bond donors (Lipinski definition) is 0. The summed E-state index contributed by atoms with van der Waals surface area (Å²) in [4.78, 5) is 2.30. The molecule has 0 amide bonds. The molecular weight excluding hydrogens is 314 g/mol. The molecule has 0 N–H and O–H groups in total. The highest BCUT2D eigenvalue weighted by Crippen LogP contribution is 2.30. The summed E-state index contributed by atoms with van der Waals surface area (Å²) in [5.41, 5.74) is 4.47. The molecule has 1 aliphatic heterocycles. The first-order valence-electron chi connectivity index (χ1n) is 6.74. The molecule has 20 heavy (non-hydrogen) atoms. The van der Waals surface area contributed by atoms with Crippen LogP contribution in [0.3, 0.4) is 0 Å². The van der Waals surface area contributed by atoms with Crippen molar-refractivity contribution in [1.82, 2.24) is 0 Å². The van der Waals surface area contributed by atoms with E-state index < -0.39 is 0 Å². The number of halogens is 1. The lowest BCUT2D eigenvalue weighted by molar-refractivity contribution is 0.744. The molecule has 102 valence electrons. The predicted molar refractivity (Wildman–Crippen MR) is 86.4 cm³/mol. The van der Waals surface area contributed by atoms with Gasteiger partial charge in [0, 0.05) is 23.8 Å². The third-order valence-electron chi connectivity index (χ3n) is 3.52. The average molecular weight is 330 g/mol. The van der Waals surface area contributed by atoms with Gasteiger partial charge in [0.25, 0.3) is 0 Å². The zero-order valence-corrected chi connectivity index (χ0v) is 13.0. The molecule has 1 heterocycles. The Morgan fingerprint density at radius 1 is 1.00 bits per heavy atom. The first-order chi connectivity index (χ1) is 9.72. The van der Waals surface area contributed by atoms with E-state index in [0.29, 0.717) is 0 Å². The Hall–Kier alpha value is -1.68. The van der Waals surface area contributed by atoms with Gasteiger partial charge in [-0.1, -0.05) is 15.9 Å². The summed E-state index contributed by atoms with van der Waals surface area (Å²) in [6.07, 6.45) is 2.33. The van der Waals surface area contributed by atoms with E-state index in [0.717, 1.165) is 28.8 Å². The van der Waals surface area contributed by atoms with Crippen molar-refractivity contribution in [2.24, 2.45) is 10.2 Å². The predicted octanol–water partition coefficient (Wildman–Crippen LogP) is 5.25. The molecule has 0 bridgehead atoms. The third-order valence-corrected chi connectivity index (χ3v) is 4.05. The number of hydrogen-bond acceptors (Lipinski definition) is 3. The molecule has 0 aliphatic carbocycles. The Kier molecular flexibility index (Phi) is 3.83. The topological polar surface area (TPSA) is 28.0 Å². The summed E-state index contributed by atoms with van der Waals surface area (Å²) in [6.45, 7) is 1.13. The maximum Gasteiger partial charge on any atom is 0.0861 e. The number of azo groups is 1. The number of benzene rings is 2. The van der Waals surface area contributed by atoms with Crippen LogP contribution in [0.1, 0.15) is 12.0 Å². The number of rotatable bonds is 2. The fraction of sp³-hybridized carbons (Fsp3) is 0.250. The monoisotopic (exact) mass is 329 g/mol. The normalized spacial score (nSPS) is 14.6. The van der Waals surface area contributed by atoms with E-state index in [-0.39, 0.29) is 0 Å². The molecule has 0 unspecified atom stereocenters. The van der Waals surface area contributed by atoms with E-state index in [9.17, 15) is 0 Å². The quantitative estimate of drug-likeness (QED) is 0.692. The van der Waals surface area contributed by atoms with Crippen LogP contribution in [0.4, 0.5) is 17.1 Å². The van der Waals surface area contributed by atoms with E-state index in [1.165, 1.54) is 17.7 Å². The van der Waals surface area contributed by atoms with Gasteiger partial charge in [-0.05, 0) is 60.9 Å². The largest absolute Gasteiger partial charge is 0.374 e. The molecule has 0 saturated heterocycles. The first kappa shape index (κ1) is 13.3. The summed E-state index contributed by atoms with van der Waals surface area (Å²) in [6, 6.07) is 14.1. The zero-order valence-electron chi connectivity index (χ0n) is 11.4. The lowest BCUT2D eigenvalue weighted by Crippen LogP contribution is -2.24. The molecule has 3 nitrogen and oxygen atoms in total. The van der Waals surface area contributed by atoms with Crippen LogP contribution in [-0.4, -0.2) is 13.6 Å². The standard InChI is InChI=1S/C16H16BrN3/c1-20-10-2-3-12-11-15(8-9-16(12)20)19-18-14-6-4-13(17)5-7-14/h4-9,11H,2-3,10H2,1H3/b19-18+. The fourth-order valence-corrected chi connectivity index (χ4v) is 2.72. The molecule has 0 spiro atoms.